The van der Waals surface area contributed by atoms with Crippen molar-refractivity contribution in [3.63, 3.8) is 0 Å². The van der Waals surface area contributed by atoms with Crippen molar-refractivity contribution < 1.29 is 19.4 Å². The molecular formula is C28H31Cl2N5O5. The van der Waals surface area contributed by atoms with Crippen molar-refractivity contribution in [1.29, 1.82) is 0 Å². The third-order valence-electron chi connectivity index (χ3n) is 6.86. The molecule has 3 aromatic rings. The number of aliphatic hydroxyl groups excluding tert-OH is 1. The number of hydrogen-bond donors (Lipinski definition) is 3. The van der Waals surface area contributed by atoms with Gasteiger partial charge in [0.2, 0.25) is 0 Å². The van der Waals surface area contributed by atoms with Crippen LogP contribution in [0.15, 0.2) is 65.6 Å². The normalized spacial score (nSPS) is 15.2. The SMILES string of the molecule is COC(=O)[C@H](Cn1ccc(NC(O)c2c(Cl)cccc2Cl)nc1=O)NC(=O)N1CCC(Cc2ccccc2)CC1. The number of halogens is 2. The van der Waals surface area contributed by atoms with Gasteiger partial charge in [0.25, 0.3) is 0 Å². The Morgan fingerprint density at radius 2 is 1.75 bits per heavy atom. The topological polar surface area (TPSA) is 126 Å². The highest BCUT2D eigenvalue weighted by Gasteiger charge is 2.28. The summed E-state index contributed by atoms with van der Waals surface area (Å²) in [7, 11) is 1.21. The lowest BCUT2D eigenvalue weighted by molar-refractivity contribution is -0.143. The number of likely N-dealkylation sites (tertiary alicyclic amines) is 1. The van der Waals surface area contributed by atoms with Gasteiger partial charge < -0.3 is 25.4 Å². The first-order chi connectivity index (χ1) is 19.2. The molecule has 4 rings (SSSR count). The van der Waals surface area contributed by atoms with Crippen molar-refractivity contribution in [2.45, 2.75) is 38.1 Å². The minimum absolute atomic E-state index is 0.0711. The summed E-state index contributed by atoms with van der Waals surface area (Å²) in [5.74, 6) is -0.140. The summed E-state index contributed by atoms with van der Waals surface area (Å²) < 4.78 is 6.04. The number of anilines is 1. The average molecular weight is 588 g/mol. The lowest BCUT2D eigenvalue weighted by Gasteiger charge is -2.33. The van der Waals surface area contributed by atoms with E-state index in [1.54, 1.807) is 23.1 Å². The molecule has 3 N–H and O–H groups in total. The molecule has 40 heavy (non-hydrogen) atoms. The largest absolute Gasteiger partial charge is 0.467 e. The number of aliphatic hydroxyl groups is 1. The number of benzene rings is 2. The first kappa shape index (κ1) is 29.4. The maximum atomic E-state index is 13.0. The van der Waals surface area contributed by atoms with Gasteiger partial charge in [0.15, 0.2) is 6.23 Å². The zero-order chi connectivity index (χ0) is 28.6. The smallest absolute Gasteiger partial charge is 0.349 e. The Labute approximate surface area is 241 Å². The fourth-order valence-corrected chi connectivity index (χ4v) is 5.28. The number of aromatic nitrogens is 2. The predicted octanol–water partition coefficient (Wildman–Crippen LogP) is 3.86. The second-order valence-electron chi connectivity index (χ2n) is 9.58. The standard InChI is InChI=1S/C28H31Cl2N5O5/c1-40-26(37)22(31-27(38)34-13-10-19(11-14-34)16-18-6-3-2-4-7-18)17-35-15-12-23(33-28(35)39)32-25(36)24-20(29)8-5-9-21(24)30/h2-9,12,15,19,22,25,36H,10-11,13-14,16-17H2,1H3,(H,31,38)(H,32,33,39)/t22-,25?/m0/s1. The second kappa shape index (κ2) is 13.6. The minimum Gasteiger partial charge on any atom is -0.467 e. The number of carbonyl (C=O) groups excluding carboxylic acids is 2. The van der Waals surface area contributed by atoms with Gasteiger partial charge in [0, 0.05) is 34.9 Å². The van der Waals surface area contributed by atoms with Gasteiger partial charge >= 0.3 is 17.7 Å². The maximum Gasteiger partial charge on any atom is 0.349 e. The molecule has 2 aromatic carbocycles. The molecule has 2 heterocycles. The van der Waals surface area contributed by atoms with E-state index in [2.05, 4.69) is 27.8 Å². The Morgan fingerprint density at radius 3 is 2.38 bits per heavy atom. The predicted molar refractivity (Wildman–Crippen MR) is 152 cm³/mol. The van der Waals surface area contributed by atoms with Crippen LogP contribution < -0.4 is 16.3 Å². The third-order valence-corrected chi connectivity index (χ3v) is 7.52. The Kier molecular flexibility index (Phi) is 10.0. The van der Waals surface area contributed by atoms with Crippen LogP contribution in [0, 0.1) is 5.92 Å². The van der Waals surface area contributed by atoms with Crippen molar-refractivity contribution in [3.8, 4) is 0 Å². The van der Waals surface area contributed by atoms with Gasteiger partial charge in [-0.05, 0) is 48.9 Å². The van der Waals surface area contributed by atoms with Crippen molar-refractivity contribution >= 4 is 41.0 Å². The Balaban J connectivity index is 1.36. The molecule has 1 aliphatic heterocycles. The summed E-state index contributed by atoms with van der Waals surface area (Å²) in [5.41, 5.74) is 0.820. The molecule has 1 saturated heterocycles. The molecule has 0 saturated carbocycles. The molecule has 0 spiro atoms. The monoisotopic (exact) mass is 587 g/mol. The summed E-state index contributed by atoms with van der Waals surface area (Å²) in [4.78, 5) is 43.8. The first-order valence-electron chi connectivity index (χ1n) is 12.9. The lowest BCUT2D eigenvalue weighted by Crippen LogP contribution is -2.52. The Morgan fingerprint density at radius 1 is 1.07 bits per heavy atom. The molecule has 1 unspecified atom stereocenters. The molecule has 0 aliphatic carbocycles. The minimum atomic E-state index is -1.32. The van der Waals surface area contributed by atoms with E-state index in [1.165, 1.54) is 29.5 Å². The number of nitrogens with one attached hydrogen (secondary N) is 2. The van der Waals surface area contributed by atoms with Crippen LogP contribution in [0.3, 0.4) is 0 Å². The molecule has 10 nitrogen and oxygen atoms in total. The summed E-state index contributed by atoms with van der Waals surface area (Å²) in [5, 5.41) is 16.4. The molecule has 1 aliphatic rings. The molecule has 2 amide bonds. The summed E-state index contributed by atoms with van der Waals surface area (Å²) in [6.07, 6.45) is 2.76. The van der Waals surface area contributed by atoms with Crippen molar-refractivity contribution in [2.24, 2.45) is 5.92 Å². The van der Waals surface area contributed by atoms with Crippen LogP contribution in [0.2, 0.25) is 10.0 Å². The number of carbonyl (C=O) groups is 2. The van der Waals surface area contributed by atoms with E-state index in [0.717, 1.165) is 19.3 Å². The van der Waals surface area contributed by atoms with Gasteiger partial charge in [-0.1, -0.05) is 59.6 Å². The van der Waals surface area contributed by atoms with Crippen LogP contribution in [-0.2, 0) is 22.5 Å². The highest BCUT2D eigenvalue weighted by molar-refractivity contribution is 6.36. The van der Waals surface area contributed by atoms with E-state index >= 15 is 0 Å². The van der Waals surface area contributed by atoms with E-state index < -0.39 is 30.0 Å². The lowest BCUT2D eigenvalue weighted by atomic mass is 9.90. The van der Waals surface area contributed by atoms with E-state index in [-0.39, 0.29) is 28.0 Å². The number of rotatable bonds is 9. The van der Waals surface area contributed by atoms with Crippen LogP contribution in [-0.4, -0.2) is 57.8 Å². The molecule has 2 atom stereocenters. The highest BCUT2D eigenvalue weighted by atomic mass is 35.5. The molecule has 1 aromatic heterocycles. The number of nitrogens with zero attached hydrogens (tertiary/aromatic N) is 3. The van der Waals surface area contributed by atoms with Crippen molar-refractivity contribution in [1.82, 2.24) is 19.8 Å². The number of hydrogen-bond acceptors (Lipinski definition) is 7. The van der Waals surface area contributed by atoms with Crippen LogP contribution in [0.25, 0.3) is 0 Å². The number of piperidine rings is 1. The average Bonchev–Trinajstić information content (AvgIpc) is 2.94. The van der Waals surface area contributed by atoms with E-state index in [0.29, 0.717) is 19.0 Å². The van der Waals surface area contributed by atoms with Gasteiger partial charge in [0.05, 0.1) is 13.7 Å². The highest BCUT2D eigenvalue weighted by Crippen LogP contribution is 2.30. The zero-order valence-electron chi connectivity index (χ0n) is 21.9. The molecule has 0 bridgehead atoms. The fraction of sp³-hybridized carbons (Fsp3) is 0.357. The number of methoxy groups -OCH3 is 1. The van der Waals surface area contributed by atoms with Crippen LogP contribution >= 0.6 is 23.2 Å². The third kappa shape index (κ3) is 7.53. The second-order valence-corrected chi connectivity index (χ2v) is 10.4. The summed E-state index contributed by atoms with van der Waals surface area (Å²) in [6, 6.07) is 15.0. The van der Waals surface area contributed by atoms with Crippen LogP contribution in [0.5, 0.6) is 0 Å². The van der Waals surface area contributed by atoms with E-state index in [9.17, 15) is 19.5 Å². The summed E-state index contributed by atoms with van der Waals surface area (Å²) >= 11 is 12.3. The van der Waals surface area contributed by atoms with Crippen LogP contribution in [0.4, 0.5) is 10.6 Å². The molecule has 1 fully saturated rings. The van der Waals surface area contributed by atoms with Crippen molar-refractivity contribution in [3.05, 3.63) is 92.5 Å². The van der Waals surface area contributed by atoms with Gasteiger partial charge in [-0.15, -0.1) is 0 Å². The number of amides is 2. The van der Waals surface area contributed by atoms with Crippen LogP contribution in [0.1, 0.15) is 30.2 Å². The van der Waals surface area contributed by atoms with Gasteiger partial charge in [-0.25, -0.2) is 14.4 Å². The Hall–Kier alpha value is -3.60. The van der Waals surface area contributed by atoms with Crippen molar-refractivity contribution in [2.75, 3.05) is 25.5 Å². The number of esters is 1. The molecule has 0 radical (unpaired) electrons. The zero-order valence-corrected chi connectivity index (χ0v) is 23.4. The number of urea groups is 1. The Bertz CT molecular complexity index is 1360. The van der Waals surface area contributed by atoms with Gasteiger partial charge in [0.1, 0.15) is 11.9 Å². The number of ether oxygens (including phenoxy) is 1. The molecule has 212 valence electrons. The molecule has 12 heteroatoms. The summed E-state index contributed by atoms with van der Waals surface area (Å²) in [6.45, 7) is 0.946. The van der Waals surface area contributed by atoms with Gasteiger partial charge in [-0.2, -0.15) is 4.98 Å². The van der Waals surface area contributed by atoms with E-state index in [4.69, 9.17) is 27.9 Å². The fourth-order valence-electron chi connectivity index (χ4n) is 4.68. The van der Waals surface area contributed by atoms with E-state index in [1.807, 2.05) is 18.2 Å². The maximum absolute atomic E-state index is 13.0. The quantitative estimate of drug-likeness (QED) is 0.256. The first-order valence-corrected chi connectivity index (χ1v) is 13.6. The molecular weight excluding hydrogens is 557 g/mol. The van der Waals surface area contributed by atoms with Gasteiger partial charge in [-0.3, -0.25) is 4.57 Å².